The van der Waals surface area contributed by atoms with E-state index in [1.807, 2.05) is 0 Å². The minimum atomic E-state index is -0.981. The molecule has 0 amide bonds. The van der Waals surface area contributed by atoms with Gasteiger partial charge in [0.25, 0.3) is 0 Å². The Morgan fingerprint density at radius 2 is 2.00 bits per heavy atom. The van der Waals surface area contributed by atoms with E-state index in [-0.39, 0.29) is 0 Å². The van der Waals surface area contributed by atoms with E-state index in [4.69, 9.17) is 10.2 Å². The Morgan fingerprint density at radius 1 is 1.40 bits per heavy atom. The highest BCUT2D eigenvalue weighted by Gasteiger charge is 1.87. The molecule has 80 valence electrons. The standard InChI is InChI=1S/C6H6N2O2.C3H4O2/c9-6(10)2-1-5-3-7-4-8-5;1-2-3(4)5/h1-4H,(H,7,8)(H,9,10);2H,1H2,(H,4,5). The van der Waals surface area contributed by atoms with Crippen molar-refractivity contribution in [2.75, 3.05) is 0 Å². The number of imidazole rings is 1. The number of nitrogens with zero attached hydrogens (tertiary/aromatic N) is 1. The second kappa shape index (κ2) is 7.07. The fourth-order valence-electron chi connectivity index (χ4n) is 0.519. The first kappa shape index (κ1) is 12.6. The lowest BCUT2D eigenvalue weighted by molar-refractivity contribution is -0.132. The number of aromatic amines is 1. The van der Waals surface area contributed by atoms with Gasteiger partial charge in [0.05, 0.1) is 18.2 Å². The second-order valence-electron chi connectivity index (χ2n) is 2.22. The topological polar surface area (TPSA) is 103 Å². The highest BCUT2D eigenvalue weighted by atomic mass is 16.4. The first-order chi connectivity index (χ1) is 7.06. The first-order valence-corrected chi connectivity index (χ1v) is 3.81. The average Bonchev–Trinajstić information content (AvgIpc) is 2.68. The Kier molecular flexibility index (Phi) is 5.96. The molecule has 15 heavy (non-hydrogen) atoms. The summed E-state index contributed by atoms with van der Waals surface area (Å²) in [6, 6.07) is 0. The molecule has 0 bridgehead atoms. The first-order valence-electron chi connectivity index (χ1n) is 3.81. The van der Waals surface area contributed by atoms with Crippen LogP contribution in [0, 0.1) is 0 Å². The highest BCUT2D eigenvalue weighted by molar-refractivity contribution is 5.84. The monoisotopic (exact) mass is 210 g/mol. The number of aliphatic carboxylic acids is 2. The van der Waals surface area contributed by atoms with Gasteiger partial charge >= 0.3 is 11.9 Å². The van der Waals surface area contributed by atoms with Crippen LogP contribution in [-0.2, 0) is 9.59 Å². The van der Waals surface area contributed by atoms with E-state index in [9.17, 15) is 9.59 Å². The van der Waals surface area contributed by atoms with E-state index < -0.39 is 11.9 Å². The van der Waals surface area contributed by atoms with Crippen molar-refractivity contribution >= 4 is 18.0 Å². The number of H-pyrrole nitrogens is 1. The third kappa shape index (κ3) is 7.97. The fraction of sp³-hybridized carbons (Fsp3) is 0. The molecule has 1 rings (SSSR count). The van der Waals surface area contributed by atoms with E-state index in [0.717, 1.165) is 12.2 Å². The molecule has 0 fully saturated rings. The molecule has 0 saturated carbocycles. The minimum absolute atomic E-state index is 0.683. The molecule has 1 aromatic heterocycles. The molecule has 0 saturated heterocycles. The Morgan fingerprint density at radius 3 is 2.33 bits per heavy atom. The van der Waals surface area contributed by atoms with Gasteiger partial charge in [0.15, 0.2) is 0 Å². The van der Waals surface area contributed by atoms with Crippen LogP contribution in [0.15, 0.2) is 31.3 Å². The molecular formula is C9H10N2O4. The van der Waals surface area contributed by atoms with E-state index in [0.29, 0.717) is 5.69 Å². The summed E-state index contributed by atoms with van der Waals surface area (Å²) in [5.41, 5.74) is 0.683. The number of rotatable bonds is 3. The van der Waals surface area contributed by atoms with Crippen LogP contribution in [0.3, 0.4) is 0 Å². The van der Waals surface area contributed by atoms with E-state index in [2.05, 4.69) is 16.5 Å². The van der Waals surface area contributed by atoms with Crippen LogP contribution in [0.2, 0.25) is 0 Å². The molecule has 0 aromatic carbocycles. The minimum Gasteiger partial charge on any atom is -0.478 e. The van der Waals surface area contributed by atoms with Gasteiger partial charge in [-0.25, -0.2) is 14.6 Å². The molecule has 1 heterocycles. The summed E-state index contributed by atoms with van der Waals surface area (Å²) in [5, 5.41) is 15.8. The van der Waals surface area contributed by atoms with Gasteiger partial charge in [0.1, 0.15) is 0 Å². The smallest absolute Gasteiger partial charge is 0.328 e. The van der Waals surface area contributed by atoms with Gasteiger partial charge in [-0.05, 0) is 6.08 Å². The van der Waals surface area contributed by atoms with Crippen LogP contribution in [0.4, 0.5) is 0 Å². The van der Waals surface area contributed by atoms with E-state index in [1.165, 1.54) is 12.4 Å². The zero-order valence-corrected chi connectivity index (χ0v) is 7.75. The molecule has 0 aliphatic carbocycles. The summed E-state index contributed by atoms with van der Waals surface area (Å²) in [5.74, 6) is -1.94. The lowest BCUT2D eigenvalue weighted by Gasteiger charge is -1.79. The predicted molar refractivity (Wildman–Crippen MR) is 53.1 cm³/mol. The summed E-state index contributed by atoms with van der Waals surface area (Å²) in [6.07, 6.45) is 6.35. The average molecular weight is 210 g/mol. The molecule has 6 heteroatoms. The van der Waals surface area contributed by atoms with Crippen LogP contribution in [0.1, 0.15) is 5.69 Å². The van der Waals surface area contributed by atoms with Crippen molar-refractivity contribution < 1.29 is 19.8 Å². The SMILES string of the molecule is C=CC(=O)O.O=C(O)C=Cc1cnc[nH]1. The van der Waals surface area contributed by atoms with Gasteiger partial charge in [0, 0.05) is 12.2 Å². The van der Waals surface area contributed by atoms with Crippen molar-refractivity contribution in [1.29, 1.82) is 0 Å². The van der Waals surface area contributed by atoms with Gasteiger partial charge in [-0.15, -0.1) is 0 Å². The number of carboxylic acid groups (broad SMARTS) is 2. The molecule has 0 unspecified atom stereocenters. The van der Waals surface area contributed by atoms with Gasteiger partial charge < -0.3 is 15.2 Å². The van der Waals surface area contributed by atoms with Crippen LogP contribution >= 0.6 is 0 Å². The second-order valence-corrected chi connectivity index (χ2v) is 2.22. The molecule has 0 aliphatic rings. The van der Waals surface area contributed by atoms with Crippen molar-refractivity contribution in [1.82, 2.24) is 9.97 Å². The van der Waals surface area contributed by atoms with Crippen LogP contribution in [0.5, 0.6) is 0 Å². The molecular weight excluding hydrogens is 200 g/mol. The van der Waals surface area contributed by atoms with Crippen molar-refractivity contribution in [2.24, 2.45) is 0 Å². The summed E-state index contributed by atoms with van der Waals surface area (Å²) < 4.78 is 0. The lowest BCUT2D eigenvalue weighted by Crippen LogP contribution is -1.85. The largest absolute Gasteiger partial charge is 0.478 e. The van der Waals surface area contributed by atoms with Crippen LogP contribution in [0.25, 0.3) is 6.08 Å². The molecule has 6 nitrogen and oxygen atoms in total. The normalized spacial score (nSPS) is 9.07. The molecule has 0 aliphatic heterocycles. The van der Waals surface area contributed by atoms with Crippen molar-refractivity contribution in [2.45, 2.75) is 0 Å². The molecule has 3 N–H and O–H groups in total. The molecule has 0 spiro atoms. The number of nitrogens with one attached hydrogen (secondary N) is 1. The summed E-state index contributed by atoms with van der Waals surface area (Å²) in [4.78, 5) is 25.7. The van der Waals surface area contributed by atoms with E-state index in [1.54, 1.807) is 6.20 Å². The van der Waals surface area contributed by atoms with Crippen molar-refractivity contribution in [3.8, 4) is 0 Å². The quantitative estimate of drug-likeness (QED) is 0.639. The molecule has 0 atom stereocenters. The highest BCUT2D eigenvalue weighted by Crippen LogP contribution is 1.92. The van der Waals surface area contributed by atoms with Crippen molar-refractivity contribution in [3.05, 3.63) is 36.9 Å². The van der Waals surface area contributed by atoms with Gasteiger partial charge in [-0.2, -0.15) is 0 Å². The summed E-state index contributed by atoms with van der Waals surface area (Å²) >= 11 is 0. The molecule has 0 radical (unpaired) electrons. The number of aromatic nitrogens is 2. The maximum Gasteiger partial charge on any atom is 0.328 e. The number of carboxylic acids is 2. The zero-order chi connectivity index (χ0) is 11.7. The lowest BCUT2D eigenvalue weighted by atomic mass is 10.4. The third-order valence-corrected chi connectivity index (χ3v) is 1.10. The zero-order valence-electron chi connectivity index (χ0n) is 7.75. The number of carbonyl (C=O) groups is 2. The Balaban J connectivity index is 0.000000336. The Labute approximate surface area is 85.6 Å². The number of hydrogen-bond donors (Lipinski definition) is 3. The number of hydrogen-bond acceptors (Lipinski definition) is 3. The van der Waals surface area contributed by atoms with Gasteiger partial charge in [0.2, 0.25) is 0 Å². The van der Waals surface area contributed by atoms with Gasteiger partial charge in [-0.1, -0.05) is 6.58 Å². The van der Waals surface area contributed by atoms with Crippen LogP contribution < -0.4 is 0 Å². The summed E-state index contributed by atoms with van der Waals surface area (Å²) in [7, 11) is 0. The fourth-order valence-corrected chi connectivity index (χ4v) is 0.519. The third-order valence-electron chi connectivity index (χ3n) is 1.10. The maximum absolute atomic E-state index is 9.97. The van der Waals surface area contributed by atoms with Crippen LogP contribution in [-0.4, -0.2) is 32.1 Å². The van der Waals surface area contributed by atoms with Gasteiger partial charge in [-0.3, -0.25) is 0 Å². The maximum atomic E-state index is 9.97. The summed E-state index contributed by atoms with van der Waals surface area (Å²) in [6.45, 7) is 2.96. The Bertz CT molecular complexity index is 354. The van der Waals surface area contributed by atoms with Crippen molar-refractivity contribution in [3.63, 3.8) is 0 Å². The van der Waals surface area contributed by atoms with E-state index >= 15 is 0 Å². The Hall–Kier alpha value is -2.37. The molecule has 1 aromatic rings. The predicted octanol–water partition coefficient (Wildman–Crippen LogP) is 0.765.